The van der Waals surface area contributed by atoms with Crippen LogP contribution in [0.1, 0.15) is 10.9 Å². The van der Waals surface area contributed by atoms with Crippen LogP contribution in [0.2, 0.25) is 10.3 Å². The number of amides is 1. The van der Waals surface area contributed by atoms with Crippen LogP contribution in [0.25, 0.3) is 0 Å². The molecule has 24 heavy (non-hydrogen) atoms. The summed E-state index contributed by atoms with van der Waals surface area (Å²) < 4.78 is 10.3. The summed E-state index contributed by atoms with van der Waals surface area (Å²) in [5, 5.41) is -0.209. The van der Waals surface area contributed by atoms with E-state index in [1.54, 1.807) is 0 Å². The Morgan fingerprint density at radius 3 is 2.29 bits per heavy atom. The van der Waals surface area contributed by atoms with E-state index in [4.69, 9.17) is 32.7 Å². The fourth-order valence-electron chi connectivity index (χ4n) is 2.12. The van der Waals surface area contributed by atoms with Crippen molar-refractivity contribution in [2.75, 3.05) is 24.9 Å². The zero-order chi connectivity index (χ0) is 17.3. The van der Waals surface area contributed by atoms with E-state index in [0.717, 1.165) is 0 Å². The molecule has 0 aliphatic carbocycles. The van der Waals surface area contributed by atoms with Crippen LogP contribution in [0.4, 0.5) is 5.95 Å². The highest BCUT2D eigenvalue weighted by Crippen LogP contribution is 2.45. The van der Waals surface area contributed by atoms with Gasteiger partial charge in [0.25, 0.3) is 0 Å². The predicted octanol–water partition coefficient (Wildman–Crippen LogP) is 2.37. The van der Waals surface area contributed by atoms with Gasteiger partial charge in [0.05, 0.1) is 31.6 Å². The predicted molar refractivity (Wildman–Crippen MR) is 89.9 cm³/mol. The van der Waals surface area contributed by atoms with Crippen LogP contribution >= 0.6 is 35.0 Å². The second kappa shape index (κ2) is 6.96. The van der Waals surface area contributed by atoms with Crippen LogP contribution in [0, 0.1) is 0 Å². The van der Waals surface area contributed by atoms with Gasteiger partial charge in [-0.15, -0.1) is 11.8 Å². The van der Waals surface area contributed by atoms with Crippen LogP contribution in [0.3, 0.4) is 0 Å². The third-order valence-corrected chi connectivity index (χ3v) is 4.98. The van der Waals surface area contributed by atoms with Gasteiger partial charge in [-0.3, -0.25) is 9.69 Å². The smallest absolute Gasteiger partial charge is 0.240 e. The molecule has 2 aromatic rings. The van der Waals surface area contributed by atoms with E-state index >= 15 is 0 Å². The number of hydrogen-bond donors (Lipinski definition) is 0. The van der Waals surface area contributed by atoms with Crippen LogP contribution in [0.5, 0.6) is 11.8 Å². The van der Waals surface area contributed by atoms with Gasteiger partial charge < -0.3 is 9.47 Å². The van der Waals surface area contributed by atoms with Crippen LogP contribution < -0.4 is 14.4 Å². The molecule has 2 aromatic heterocycles. The monoisotopic (exact) mass is 387 g/mol. The summed E-state index contributed by atoms with van der Waals surface area (Å²) in [5.74, 6) is 0.678. The van der Waals surface area contributed by atoms with Crippen molar-refractivity contribution in [2.24, 2.45) is 0 Å². The van der Waals surface area contributed by atoms with Crippen molar-refractivity contribution in [1.82, 2.24) is 19.9 Å². The van der Waals surface area contributed by atoms with Crippen molar-refractivity contribution in [3.05, 3.63) is 28.3 Å². The van der Waals surface area contributed by atoms with Crippen LogP contribution in [-0.2, 0) is 4.79 Å². The normalized spacial score (nSPS) is 17.2. The van der Waals surface area contributed by atoms with Crippen molar-refractivity contribution in [2.45, 2.75) is 5.37 Å². The van der Waals surface area contributed by atoms with E-state index in [2.05, 4.69) is 19.9 Å². The molecule has 3 rings (SSSR count). The SMILES string of the molecule is COc1cc(OC)nc(N2C(=O)CSC2c2c(Cl)ncnc2Cl)n1. The third-order valence-electron chi connectivity index (χ3n) is 3.20. The van der Waals surface area contributed by atoms with Gasteiger partial charge in [0.2, 0.25) is 23.6 Å². The fraction of sp³-hybridized carbons (Fsp3) is 0.308. The molecule has 0 saturated carbocycles. The van der Waals surface area contributed by atoms with Gasteiger partial charge in [0.1, 0.15) is 22.0 Å². The lowest BCUT2D eigenvalue weighted by atomic mass is 10.3. The molecule has 3 heterocycles. The molecule has 126 valence electrons. The Balaban J connectivity index is 2.09. The van der Waals surface area contributed by atoms with Gasteiger partial charge in [-0.05, 0) is 0 Å². The van der Waals surface area contributed by atoms with E-state index in [-0.39, 0.29) is 39.7 Å². The molecule has 1 fully saturated rings. The number of rotatable bonds is 4. The Morgan fingerprint density at radius 2 is 1.75 bits per heavy atom. The first kappa shape index (κ1) is 17.0. The summed E-state index contributed by atoms with van der Waals surface area (Å²) in [4.78, 5) is 30.1. The maximum atomic E-state index is 12.4. The van der Waals surface area contributed by atoms with Gasteiger partial charge >= 0.3 is 0 Å². The molecule has 0 bridgehead atoms. The first-order valence-electron chi connectivity index (χ1n) is 6.61. The largest absolute Gasteiger partial charge is 0.481 e. The summed E-state index contributed by atoms with van der Waals surface area (Å²) in [6.45, 7) is 0. The Morgan fingerprint density at radius 1 is 1.17 bits per heavy atom. The summed E-state index contributed by atoms with van der Waals surface area (Å²) in [7, 11) is 2.92. The number of thioether (sulfide) groups is 1. The molecule has 0 radical (unpaired) electrons. The van der Waals surface area contributed by atoms with Gasteiger partial charge in [-0.1, -0.05) is 23.2 Å². The minimum absolute atomic E-state index is 0.127. The molecule has 11 heteroatoms. The second-order valence-corrected chi connectivity index (χ2v) is 6.33. The molecule has 8 nitrogen and oxygen atoms in total. The Kier molecular flexibility index (Phi) is 4.93. The summed E-state index contributed by atoms with van der Waals surface area (Å²) >= 11 is 13.6. The highest BCUT2D eigenvalue weighted by Gasteiger charge is 2.39. The Bertz CT molecular complexity index is 752. The van der Waals surface area contributed by atoms with E-state index in [0.29, 0.717) is 5.56 Å². The molecule has 1 saturated heterocycles. The minimum atomic E-state index is -0.546. The average molecular weight is 388 g/mol. The molecule has 0 aromatic carbocycles. The molecule has 0 spiro atoms. The van der Waals surface area contributed by atoms with E-state index in [1.165, 1.54) is 43.3 Å². The first-order chi connectivity index (χ1) is 11.5. The summed E-state index contributed by atoms with van der Waals surface area (Å²) in [5.41, 5.74) is 0.432. The van der Waals surface area contributed by atoms with Crippen molar-refractivity contribution in [1.29, 1.82) is 0 Å². The van der Waals surface area contributed by atoms with Crippen molar-refractivity contribution >= 4 is 46.8 Å². The highest BCUT2D eigenvalue weighted by molar-refractivity contribution is 8.00. The highest BCUT2D eigenvalue weighted by atomic mass is 35.5. The first-order valence-corrected chi connectivity index (χ1v) is 8.42. The summed E-state index contributed by atoms with van der Waals surface area (Å²) in [6.07, 6.45) is 1.25. The number of methoxy groups -OCH3 is 2. The van der Waals surface area contributed by atoms with Crippen molar-refractivity contribution in [3.8, 4) is 11.8 Å². The second-order valence-electron chi connectivity index (χ2n) is 4.55. The van der Waals surface area contributed by atoms with Crippen LogP contribution in [-0.4, -0.2) is 45.8 Å². The number of carbonyl (C=O) groups is 1. The maximum absolute atomic E-state index is 12.4. The molecule has 1 aliphatic rings. The van der Waals surface area contributed by atoms with E-state index in [1.807, 2.05) is 0 Å². The molecule has 1 unspecified atom stereocenters. The molecular weight excluding hydrogens is 377 g/mol. The Labute approximate surface area is 151 Å². The molecule has 1 amide bonds. The molecule has 1 atom stereocenters. The van der Waals surface area contributed by atoms with Gasteiger partial charge in [-0.2, -0.15) is 9.97 Å². The lowest BCUT2D eigenvalue weighted by Gasteiger charge is -2.23. The lowest BCUT2D eigenvalue weighted by Crippen LogP contribution is -2.30. The van der Waals surface area contributed by atoms with E-state index < -0.39 is 5.37 Å². The fourth-order valence-corrected chi connectivity index (χ4v) is 3.96. The number of aromatic nitrogens is 4. The van der Waals surface area contributed by atoms with Crippen LogP contribution in [0.15, 0.2) is 12.4 Å². The molecule has 1 aliphatic heterocycles. The van der Waals surface area contributed by atoms with Crippen molar-refractivity contribution in [3.63, 3.8) is 0 Å². The minimum Gasteiger partial charge on any atom is -0.481 e. The number of carbonyl (C=O) groups excluding carboxylic acids is 1. The van der Waals surface area contributed by atoms with E-state index in [9.17, 15) is 4.79 Å². The maximum Gasteiger partial charge on any atom is 0.240 e. The zero-order valence-corrected chi connectivity index (χ0v) is 14.9. The average Bonchev–Trinajstić information content (AvgIpc) is 2.95. The number of hydrogen-bond acceptors (Lipinski definition) is 8. The standard InChI is InChI=1S/C13H11Cl2N5O3S/c1-22-6-3-7(23-2)19-13(18-6)20-8(21)4-24-12(20)9-10(14)16-5-17-11(9)15/h3,5,12H,4H2,1-2H3. The molecule has 0 N–H and O–H groups in total. The number of halogens is 2. The topological polar surface area (TPSA) is 90.3 Å². The number of ether oxygens (including phenoxy) is 2. The van der Waals surface area contributed by atoms with Gasteiger partial charge in [0.15, 0.2) is 0 Å². The Hall–Kier alpha value is -1.84. The summed E-state index contributed by atoms with van der Waals surface area (Å²) in [6, 6.07) is 1.51. The van der Waals surface area contributed by atoms with Gasteiger partial charge in [0, 0.05) is 0 Å². The zero-order valence-electron chi connectivity index (χ0n) is 12.6. The number of nitrogens with zero attached hydrogens (tertiary/aromatic N) is 5. The quantitative estimate of drug-likeness (QED) is 0.738. The lowest BCUT2D eigenvalue weighted by molar-refractivity contribution is -0.115. The third kappa shape index (κ3) is 3.06. The van der Waals surface area contributed by atoms with Gasteiger partial charge in [-0.25, -0.2) is 9.97 Å². The van der Waals surface area contributed by atoms with Crippen molar-refractivity contribution < 1.29 is 14.3 Å². The molecular formula is C13H11Cl2N5O3S. The number of anilines is 1.